The Kier molecular flexibility index (Phi) is 1.86. The lowest BCUT2D eigenvalue weighted by atomic mass is 10.0. The third-order valence-corrected chi connectivity index (χ3v) is 2.70. The van der Waals surface area contributed by atoms with Crippen LogP contribution >= 0.6 is 0 Å². The van der Waals surface area contributed by atoms with E-state index >= 15 is 0 Å². The van der Waals surface area contributed by atoms with Crippen LogP contribution in [0.2, 0.25) is 0 Å². The van der Waals surface area contributed by atoms with E-state index in [0.29, 0.717) is 30.1 Å². The number of nitrogens with zero attached hydrogens (tertiary/aromatic N) is 1. The lowest BCUT2D eigenvalue weighted by Gasteiger charge is -2.05. The molecule has 1 aromatic heterocycles. The molecule has 2 aromatic rings. The third-order valence-electron chi connectivity index (χ3n) is 2.70. The highest BCUT2D eigenvalue weighted by atomic mass is 19.1. The summed E-state index contributed by atoms with van der Waals surface area (Å²) in [6, 6.07) is 4.68. The number of halogens is 1. The van der Waals surface area contributed by atoms with Gasteiger partial charge in [-0.05, 0) is 12.1 Å². The second-order valence-electron chi connectivity index (χ2n) is 3.70. The number of aromatic amines is 1. The predicted molar refractivity (Wildman–Crippen MR) is 57.6 cm³/mol. The zero-order valence-electron chi connectivity index (χ0n) is 8.46. The molecule has 0 spiro atoms. The molecule has 82 valence electrons. The Morgan fingerprint density at radius 2 is 2.31 bits per heavy atom. The highest BCUT2D eigenvalue weighted by Crippen LogP contribution is 2.36. The van der Waals surface area contributed by atoms with Crippen LogP contribution in [0.4, 0.5) is 10.2 Å². The highest BCUT2D eigenvalue weighted by Gasteiger charge is 2.21. The van der Waals surface area contributed by atoms with E-state index in [4.69, 9.17) is 10.5 Å². The molecule has 4 nitrogen and oxygen atoms in total. The Morgan fingerprint density at radius 3 is 3.06 bits per heavy atom. The quantitative estimate of drug-likeness (QED) is 0.767. The van der Waals surface area contributed by atoms with Crippen LogP contribution in [0.3, 0.4) is 0 Å². The zero-order valence-corrected chi connectivity index (χ0v) is 8.46. The molecule has 3 N–H and O–H groups in total. The van der Waals surface area contributed by atoms with E-state index in [-0.39, 0.29) is 5.82 Å². The maximum absolute atomic E-state index is 13.8. The molecule has 0 radical (unpaired) electrons. The van der Waals surface area contributed by atoms with Crippen molar-refractivity contribution in [1.82, 2.24) is 10.2 Å². The SMILES string of the molecule is Nc1cc(-c2c(F)ccc3c2CCO3)[nH]n1. The molecule has 0 unspecified atom stereocenters. The summed E-state index contributed by atoms with van der Waals surface area (Å²) in [5.41, 5.74) is 7.50. The zero-order chi connectivity index (χ0) is 11.1. The number of anilines is 1. The minimum atomic E-state index is -0.284. The van der Waals surface area contributed by atoms with Crippen molar-refractivity contribution in [1.29, 1.82) is 0 Å². The number of ether oxygens (including phenoxy) is 1. The first-order valence-electron chi connectivity index (χ1n) is 5.01. The number of hydrogen-bond acceptors (Lipinski definition) is 3. The Morgan fingerprint density at radius 1 is 1.44 bits per heavy atom. The predicted octanol–water partition coefficient (Wildman–Crippen LogP) is 1.73. The summed E-state index contributed by atoms with van der Waals surface area (Å²) in [5.74, 6) is 0.809. The minimum Gasteiger partial charge on any atom is -0.493 e. The number of aromatic nitrogens is 2. The number of nitrogen functional groups attached to an aromatic ring is 1. The van der Waals surface area contributed by atoms with Gasteiger partial charge in [-0.2, -0.15) is 5.10 Å². The van der Waals surface area contributed by atoms with Gasteiger partial charge in [0.1, 0.15) is 17.4 Å². The lowest BCUT2D eigenvalue weighted by molar-refractivity contribution is 0.356. The van der Waals surface area contributed by atoms with Gasteiger partial charge in [0.2, 0.25) is 0 Å². The van der Waals surface area contributed by atoms with Gasteiger partial charge in [0.05, 0.1) is 12.3 Å². The Hall–Kier alpha value is -2.04. The van der Waals surface area contributed by atoms with Crippen LogP contribution in [0.15, 0.2) is 18.2 Å². The average molecular weight is 219 g/mol. The topological polar surface area (TPSA) is 63.9 Å². The second kappa shape index (κ2) is 3.23. The number of hydrogen-bond donors (Lipinski definition) is 2. The maximum atomic E-state index is 13.8. The molecule has 1 aromatic carbocycles. The molecule has 0 amide bonds. The molecular weight excluding hydrogens is 209 g/mol. The third kappa shape index (κ3) is 1.25. The number of fused-ring (bicyclic) bond motifs is 1. The summed E-state index contributed by atoms with van der Waals surface area (Å²) in [4.78, 5) is 0. The molecule has 0 bridgehead atoms. The van der Waals surface area contributed by atoms with Gasteiger partial charge >= 0.3 is 0 Å². The standard InChI is InChI=1S/C11H10FN3O/c12-7-1-2-9-6(3-4-16-9)11(7)8-5-10(13)15-14-8/h1-2,5H,3-4H2,(H3,13,14,15). The first-order valence-corrected chi connectivity index (χ1v) is 5.01. The highest BCUT2D eigenvalue weighted by molar-refractivity contribution is 5.70. The molecule has 0 saturated carbocycles. The summed E-state index contributed by atoms with van der Waals surface area (Å²) < 4.78 is 19.2. The molecule has 5 heteroatoms. The van der Waals surface area contributed by atoms with Crippen LogP contribution < -0.4 is 10.5 Å². The molecular formula is C11H10FN3O. The fraction of sp³-hybridized carbons (Fsp3) is 0.182. The Bertz CT molecular complexity index is 550. The van der Waals surface area contributed by atoms with Gasteiger partial charge in [-0.1, -0.05) is 0 Å². The number of H-pyrrole nitrogens is 1. The molecule has 16 heavy (non-hydrogen) atoms. The molecule has 1 aliphatic heterocycles. The van der Waals surface area contributed by atoms with E-state index in [2.05, 4.69) is 10.2 Å². The van der Waals surface area contributed by atoms with Crippen molar-refractivity contribution in [2.24, 2.45) is 0 Å². The summed E-state index contributed by atoms with van der Waals surface area (Å²) in [5, 5.41) is 6.53. The number of nitrogens with one attached hydrogen (secondary N) is 1. The normalized spacial score (nSPS) is 13.6. The van der Waals surface area contributed by atoms with Gasteiger partial charge in [-0.3, -0.25) is 5.10 Å². The van der Waals surface area contributed by atoms with Crippen LogP contribution in [0, 0.1) is 5.82 Å². The maximum Gasteiger partial charge on any atom is 0.145 e. The number of benzene rings is 1. The van der Waals surface area contributed by atoms with Crippen molar-refractivity contribution in [3.8, 4) is 17.0 Å². The Balaban J connectivity index is 2.23. The molecule has 0 fully saturated rings. The first-order chi connectivity index (χ1) is 7.75. The molecule has 2 heterocycles. The van der Waals surface area contributed by atoms with Crippen LogP contribution in [0.25, 0.3) is 11.3 Å². The summed E-state index contributed by atoms with van der Waals surface area (Å²) in [7, 11) is 0. The average Bonchev–Trinajstić information content (AvgIpc) is 2.86. The number of rotatable bonds is 1. The van der Waals surface area contributed by atoms with Gasteiger partial charge < -0.3 is 10.5 Å². The largest absolute Gasteiger partial charge is 0.493 e. The van der Waals surface area contributed by atoms with Crippen molar-refractivity contribution in [3.05, 3.63) is 29.6 Å². The van der Waals surface area contributed by atoms with E-state index < -0.39 is 0 Å². The van der Waals surface area contributed by atoms with Gasteiger partial charge in [0.15, 0.2) is 0 Å². The van der Waals surface area contributed by atoms with Crippen LogP contribution in [-0.4, -0.2) is 16.8 Å². The van der Waals surface area contributed by atoms with Gasteiger partial charge in [-0.15, -0.1) is 0 Å². The van der Waals surface area contributed by atoms with Gasteiger partial charge in [-0.25, -0.2) is 4.39 Å². The fourth-order valence-electron chi connectivity index (χ4n) is 2.00. The lowest BCUT2D eigenvalue weighted by Crippen LogP contribution is -1.91. The van der Waals surface area contributed by atoms with Crippen LogP contribution in [-0.2, 0) is 6.42 Å². The monoisotopic (exact) mass is 219 g/mol. The summed E-state index contributed by atoms with van der Waals surface area (Å²) in [6.45, 7) is 0.593. The summed E-state index contributed by atoms with van der Waals surface area (Å²) in [6.07, 6.45) is 0.710. The minimum absolute atomic E-state index is 0.284. The van der Waals surface area contributed by atoms with Crippen molar-refractivity contribution in [3.63, 3.8) is 0 Å². The second-order valence-corrected chi connectivity index (χ2v) is 3.70. The summed E-state index contributed by atoms with van der Waals surface area (Å²) >= 11 is 0. The van der Waals surface area contributed by atoms with Gasteiger partial charge in [0.25, 0.3) is 0 Å². The van der Waals surface area contributed by atoms with E-state index in [9.17, 15) is 4.39 Å². The van der Waals surface area contributed by atoms with Crippen molar-refractivity contribution < 1.29 is 9.13 Å². The molecule has 1 aliphatic rings. The number of nitrogens with two attached hydrogens (primary N) is 1. The van der Waals surface area contributed by atoms with E-state index in [1.165, 1.54) is 6.07 Å². The van der Waals surface area contributed by atoms with Crippen LogP contribution in [0.5, 0.6) is 5.75 Å². The van der Waals surface area contributed by atoms with Crippen molar-refractivity contribution in [2.75, 3.05) is 12.3 Å². The van der Waals surface area contributed by atoms with E-state index in [1.807, 2.05) is 0 Å². The Labute approximate surface area is 91.2 Å². The smallest absolute Gasteiger partial charge is 0.145 e. The van der Waals surface area contributed by atoms with Crippen LogP contribution in [0.1, 0.15) is 5.56 Å². The van der Waals surface area contributed by atoms with Crippen molar-refractivity contribution >= 4 is 5.82 Å². The van der Waals surface area contributed by atoms with Crippen molar-refractivity contribution in [2.45, 2.75) is 6.42 Å². The van der Waals surface area contributed by atoms with E-state index in [0.717, 1.165) is 11.3 Å². The first kappa shape index (κ1) is 9.21. The molecule has 0 aliphatic carbocycles. The van der Waals surface area contributed by atoms with Gasteiger partial charge in [0, 0.05) is 23.6 Å². The molecule has 3 rings (SSSR count). The molecule has 0 atom stereocenters. The molecule has 0 saturated heterocycles. The van der Waals surface area contributed by atoms with E-state index in [1.54, 1.807) is 12.1 Å². The fourth-order valence-corrected chi connectivity index (χ4v) is 2.00.